The number of nitro benzene ring substituents is 1. The quantitative estimate of drug-likeness (QED) is 0.423. The van der Waals surface area contributed by atoms with Gasteiger partial charge in [-0.3, -0.25) is 19.7 Å². The number of amides is 1. The highest BCUT2D eigenvalue weighted by Gasteiger charge is 2.44. The average molecular weight is 394 g/mol. The number of β-amino-alcohol motifs (C(OH)–C–C–N with tert-alkyl or cyclic N) is 1. The van der Waals surface area contributed by atoms with Crippen LogP contribution in [-0.2, 0) is 9.59 Å². The molecule has 0 unspecified atom stereocenters. The molecule has 2 aromatic rings. The lowest BCUT2D eigenvalue weighted by atomic mass is 9.94. The van der Waals surface area contributed by atoms with E-state index in [9.17, 15) is 29.9 Å². The van der Waals surface area contributed by atoms with Crippen LogP contribution in [0.4, 0.5) is 5.69 Å². The normalized spacial score (nSPS) is 16.7. The minimum absolute atomic E-state index is 0.0832. The van der Waals surface area contributed by atoms with E-state index in [1.165, 1.54) is 30.4 Å². The summed E-state index contributed by atoms with van der Waals surface area (Å²) < 4.78 is 0. The van der Waals surface area contributed by atoms with Crippen LogP contribution in [0.3, 0.4) is 0 Å². The first-order chi connectivity index (χ1) is 14.0. The van der Waals surface area contributed by atoms with E-state index in [0.29, 0.717) is 0 Å². The zero-order chi connectivity index (χ0) is 21.0. The Morgan fingerprint density at radius 3 is 2.45 bits per heavy atom. The number of benzene rings is 2. The lowest BCUT2D eigenvalue weighted by molar-refractivity contribution is -0.385. The molecule has 2 N–H and O–H groups in total. The van der Waals surface area contributed by atoms with E-state index < -0.39 is 35.0 Å². The van der Waals surface area contributed by atoms with Gasteiger partial charge >= 0.3 is 0 Å². The highest BCUT2D eigenvalue weighted by Crippen LogP contribution is 2.41. The fourth-order valence-electron chi connectivity index (χ4n) is 3.28. The topological polar surface area (TPSA) is 121 Å². The number of para-hydroxylation sites is 1. The van der Waals surface area contributed by atoms with Crippen molar-refractivity contribution in [3.05, 3.63) is 93.2 Å². The first kappa shape index (κ1) is 20.0. The van der Waals surface area contributed by atoms with Crippen LogP contribution in [0.2, 0.25) is 0 Å². The van der Waals surface area contributed by atoms with E-state index in [4.69, 9.17) is 0 Å². The predicted molar refractivity (Wildman–Crippen MR) is 105 cm³/mol. The fourth-order valence-corrected chi connectivity index (χ4v) is 3.28. The molecular weight excluding hydrogens is 376 g/mol. The van der Waals surface area contributed by atoms with Crippen molar-refractivity contribution in [1.29, 1.82) is 0 Å². The van der Waals surface area contributed by atoms with Gasteiger partial charge in [-0.05, 0) is 17.7 Å². The Hall–Kier alpha value is -3.78. The number of carbonyl (C=O) groups excluding carboxylic acids is 2. The number of hydrogen-bond donors (Lipinski definition) is 2. The number of carbonyl (C=O) groups is 2. The Kier molecular flexibility index (Phi) is 5.85. The van der Waals surface area contributed by atoms with Gasteiger partial charge < -0.3 is 15.1 Å². The fraction of sp³-hybridized carbons (Fsp3) is 0.143. The van der Waals surface area contributed by atoms with Crippen molar-refractivity contribution >= 4 is 23.5 Å². The molecule has 8 nitrogen and oxygen atoms in total. The largest absolute Gasteiger partial charge is 0.503 e. The average Bonchev–Trinajstić information content (AvgIpc) is 2.98. The molecule has 0 radical (unpaired) electrons. The van der Waals surface area contributed by atoms with E-state index in [0.717, 1.165) is 10.5 Å². The number of hydrogen-bond acceptors (Lipinski definition) is 6. The Morgan fingerprint density at radius 2 is 1.79 bits per heavy atom. The Labute approximate surface area is 166 Å². The van der Waals surface area contributed by atoms with Crippen LogP contribution >= 0.6 is 0 Å². The minimum Gasteiger partial charge on any atom is -0.503 e. The van der Waals surface area contributed by atoms with Crippen LogP contribution in [0.25, 0.3) is 6.08 Å². The third kappa shape index (κ3) is 3.92. The summed E-state index contributed by atoms with van der Waals surface area (Å²) in [6.45, 7) is -0.629. The van der Waals surface area contributed by atoms with Gasteiger partial charge in [0.1, 0.15) is 0 Å². The lowest BCUT2D eigenvalue weighted by Gasteiger charge is -2.25. The second-order valence-electron chi connectivity index (χ2n) is 6.31. The summed E-state index contributed by atoms with van der Waals surface area (Å²) in [5.41, 5.74) is 0.268. The maximum absolute atomic E-state index is 12.9. The van der Waals surface area contributed by atoms with Crippen LogP contribution in [-0.4, -0.2) is 44.9 Å². The predicted octanol–water partition coefficient (Wildman–Crippen LogP) is 2.57. The summed E-state index contributed by atoms with van der Waals surface area (Å²) in [6, 6.07) is 13.5. The molecule has 1 aliphatic rings. The molecule has 8 heteroatoms. The zero-order valence-corrected chi connectivity index (χ0v) is 15.3. The van der Waals surface area contributed by atoms with Crippen LogP contribution in [0.5, 0.6) is 0 Å². The third-order valence-electron chi connectivity index (χ3n) is 4.56. The third-order valence-corrected chi connectivity index (χ3v) is 4.56. The molecule has 0 saturated heterocycles. The summed E-state index contributed by atoms with van der Waals surface area (Å²) in [5, 5.41) is 31.2. The molecule has 0 aromatic heterocycles. The number of ketones is 1. The van der Waals surface area contributed by atoms with E-state index in [1.807, 2.05) is 6.07 Å². The lowest BCUT2D eigenvalue weighted by Crippen LogP contribution is -2.33. The van der Waals surface area contributed by atoms with Gasteiger partial charge in [-0.15, -0.1) is 0 Å². The summed E-state index contributed by atoms with van der Waals surface area (Å²) >= 11 is 0. The molecule has 0 saturated carbocycles. The van der Waals surface area contributed by atoms with E-state index in [1.54, 1.807) is 30.3 Å². The van der Waals surface area contributed by atoms with Gasteiger partial charge in [-0.25, -0.2) is 0 Å². The first-order valence-electron chi connectivity index (χ1n) is 8.81. The molecule has 1 amide bonds. The first-order valence-corrected chi connectivity index (χ1v) is 8.81. The van der Waals surface area contributed by atoms with Gasteiger partial charge in [0.2, 0.25) is 0 Å². The van der Waals surface area contributed by atoms with Gasteiger partial charge in [0.15, 0.2) is 11.5 Å². The Morgan fingerprint density at radius 1 is 1.14 bits per heavy atom. The molecule has 29 heavy (non-hydrogen) atoms. The smallest absolute Gasteiger partial charge is 0.290 e. The van der Waals surface area contributed by atoms with Crippen molar-refractivity contribution in [2.45, 2.75) is 6.04 Å². The van der Waals surface area contributed by atoms with Gasteiger partial charge in [0.25, 0.3) is 11.6 Å². The van der Waals surface area contributed by atoms with Gasteiger partial charge in [0.05, 0.1) is 28.7 Å². The molecule has 1 heterocycles. The number of nitro groups is 1. The Bertz CT molecular complexity index is 1010. The highest BCUT2D eigenvalue weighted by molar-refractivity contribution is 6.14. The van der Waals surface area contributed by atoms with Crippen molar-refractivity contribution in [2.75, 3.05) is 13.2 Å². The standard InChI is InChI=1S/C21H18N2O6/c24-13-12-22-19(15-8-4-5-9-16(15)23(28)29)18(20(26)21(22)27)17(25)11-10-14-6-2-1-3-7-14/h1-11,19,24,26H,12-13H2/b11-10+/t19-/m0/s1. The zero-order valence-electron chi connectivity index (χ0n) is 15.3. The van der Waals surface area contributed by atoms with Gasteiger partial charge in [-0.1, -0.05) is 48.5 Å². The molecule has 148 valence electrons. The molecular formula is C21H18N2O6. The van der Waals surface area contributed by atoms with Gasteiger partial charge in [0, 0.05) is 12.6 Å². The van der Waals surface area contributed by atoms with Crippen molar-refractivity contribution in [3.8, 4) is 0 Å². The summed E-state index contributed by atoms with van der Waals surface area (Å²) in [7, 11) is 0. The number of allylic oxidation sites excluding steroid dienone is 1. The van der Waals surface area contributed by atoms with Crippen molar-refractivity contribution in [1.82, 2.24) is 4.90 Å². The van der Waals surface area contributed by atoms with Crippen LogP contribution < -0.4 is 0 Å². The summed E-state index contributed by atoms with van der Waals surface area (Å²) in [6.07, 6.45) is 2.73. The van der Waals surface area contributed by atoms with Crippen molar-refractivity contribution in [3.63, 3.8) is 0 Å². The van der Waals surface area contributed by atoms with E-state index in [2.05, 4.69) is 0 Å². The number of aliphatic hydroxyl groups is 2. The monoisotopic (exact) mass is 394 g/mol. The van der Waals surface area contributed by atoms with E-state index >= 15 is 0 Å². The second kappa shape index (κ2) is 8.49. The summed E-state index contributed by atoms with van der Waals surface area (Å²) in [4.78, 5) is 37.3. The maximum atomic E-state index is 12.9. The molecule has 1 aliphatic heterocycles. The molecule has 3 rings (SSSR count). The second-order valence-corrected chi connectivity index (χ2v) is 6.31. The van der Waals surface area contributed by atoms with Crippen molar-refractivity contribution < 1.29 is 24.7 Å². The molecule has 2 aromatic carbocycles. The highest BCUT2D eigenvalue weighted by atomic mass is 16.6. The number of aliphatic hydroxyl groups excluding tert-OH is 2. The Balaban J connectivity index is 2.07. The molecule has 0 spiro atoms. The van der Waals surface area contributed by atoms with E-state index in [-0.39, 0.29) is 23.4 Å². The molecule has 0 aliphatic carbocycles. The molecule has 0 bridgehead atoms. The minimum atomic E-state index is -1.18. The SMILES string of the molecule is O=C(/C=C/c1ccccc1)C1=C(O)C(=O)N(CCO)[C@H]1c1ccccc1[N+](=O)[O-]. The molecule has 1 atom stereocenters. The van der Waals surface area contributed by atoms with Gasteiger partial charge in [-0.2, -0.15) is 0 Å². The van der Waals surface area contributed by atoms with Crippen LogP contribution in [0, 0.1) is 10.1 Å². The van der Waals surface area contributed by atoms with Crippen LogP contribution in [0.1, 0.15) is 17.2 Å². The van der Waals surface area contributed by atoms with Crippen molar-refractivity contribution in [2.24, 2.45) is 0 Å². The number of rotatable bonds is 7. The maximum Gasteiger partial charge on any atom is 0.290 e. The number of nitrogens with zero attached hydrogens (tertiary/aromatic N) is 2. The molecule has 0 fully saturated rings. The summed E-state index contributed by atoms with van der Waals surface area (Å²) in [5.74, 6) is -2.29. The van der Waals surface area contributed by atoms with Crippen LogP contribution in [0.15, 0.2) is 72.0 Å².